The molecule has 28 heavy (non-hydrogen) atoms. The molecule has 3 atom stereocenters. The van der Waals surface area contributed by atoms with Crippen molar-refractivity contribution in [2.24, 2.45) is 5.92 Å². The molecule has 5 rings (SSSR count). The lowest BCUT2D eigenvalue weighted by molar-refractivity contribution is -0.385. The second-order valence-corrected chi connectivity index (χ2v) is 7.41. The maximum atomic E-state index is 11.5. The van der Waals surface area contributed by atoms with Crippen LogP contribution in [0.25, 0.3) is 10.8 Å². The van der Waals surface area contributed by atoms with Crippen molar-refractivity contribution < 1.29 is 9.66 Å². The third-order valence-electron chi connectivity index (χ3n) is 6.02. The van der Waals surface area contributed by atoms with Crippen molar-refractivity contribution >= 4 is 22.1 Å². The van der Waals surface area contributed by atoms with Crippen LogP contribution < -0.4 is 10.1 Å². The molecule has 1 heterocycles. The van der Waals surface area contributed by atoms with Crippen molar-refractivity contribution in [3.63, 3.8) is 0 Å². The van der Waals surface area contributed by atoms with Gasteiger partial charge in [0.05, 0.1) is 18.1 Å². The maximum Gasteiger partial charge on any atom is 0.311 e. The molecule has 0 unspecified atom stereocenters. The van der Waals surface area contributed by atoms with E-state index >= 15 is 0 Å². The van der Waals surface area contributed by atoms with Gasteiger partial charge in [-0.2, -0.15) is 0 Å². The van der Waals surface area contributed by atoms with Gasteiger partial charge in [0.2, 0.25) is 0 Å². The summed E-state index contributed by atoms with van der Waals surface area (Å²) >= 11 is 0. The highest BCUT2D eigenvalue weighted by Gasteiger charge is 2.39. The van der Waals surface area contributed by atoms with Gasteiger partial charge in [-0.1, -0.05) is 54.6 Å². The molecule has 1 N–H and O–H groups in total. The number of nitro groups is 1. The molecule has 0 amide bonds. The SMILES string of the molecule is COc1ccc([C@H]2Nc3c(ccc4ccccc34)[C@H]3C=CC[C@@H]32)cc1[N+](=O)[O-]. The lowest BCUT2D eigenvalue weighted by Crippen LogP contribution is -2.29. The van der Waals surface area contributed by atoms with Gasteiger partial charge in [0.25, 0.3) is 0 Å². The average Bonchev–Trinajstić information content (AvgIpc) is 3.22. The van der Waals surface area contributed by atoms with Crippen LogP contribution in [0.15, 0.2) is 66.7 Å². The monoisotopic (exact) mass is 372 g/mol. The van der Waals surface area contributed by atoms with Crippen molar-refractivity contribution in [1.29, 1.82) is 0 Å². The van der Waals surface area contributed by atoms with E-state index in [1.807, 2.05) is 18.2 Å². The summed E-state index contributed by atoms with van der Waals surface area (Å²) in [7, 11) is 1.46. The van der Waals surface area contributed by atoms with Gasteiger partial charge < -0.3 is 10.1 Å². The molecule has 3 aromatic rings. The molecule has 0 radical (unpaired) electrons. The first kappa shape index (κ1) is 16.8. The number of methoxy groups -OCH3 is 1. The highest BCUT2D eigenvalue weighted by atomic mass is 16.6. The normalized spacial score (nSPS) is 22.4. The van der Waals surface area contributed by atoms with E-state index in [0.717, 1.165) is 17.7 Å². The van der Waals surface area contributed by atoms with E-state index in [9.17, 15) is 10.1 Å². The summed E-state index contributed by atoms with van der Waals surface area (Å²) in [6, 6.07) is 18.0. The van der Waals surface area contributed by atoms with Crippen LogP contribution in [0, 0.1) is 16.0 Å². The largest absolute Gasteiger partial charge is 0.490 e. The van der Waals surface area contributed by atoms with Gasteiger partial charge >= 0.3 is 5.69 Å². The number of benzene rings is 3. The summed E-state index contributed by atoms with van der Waals surface area (Å²) in [5, 5.41) is 17.6. The third-order valence-corrected chi connectivity index (χ3v) is 6.02. The first-order valence-electron chi connectivity index (χ1n) is 9.44. The summed E-state index contributed by atoms with van der Waals surface area (Å²) in [6.45, 7) is 0. The molecule has 1 aliphatic heterocycles. The smallest absolute Gasteiger partial charge is 0.311 e. The number of nitro benzene ring substituents is 1. The maximum absolute atomic E-state index is 11.5. The Morgan fingerprint density at radius 3 is 2.82 bits per heavy atom. The minimum absolute atomic E-state index is 0.00270. The summed E-state index contributed by atoms with van der Waals surface area (Å²) in [4.78, 5) is 11.1. The Morgan fingerprint density at radius 2 is 2.00 bits per heavy atom. The van der Waals surface area contributed by atoms with Crippen LogP contribution in [0.1, 0.15) is 29.5 Å². The van der Waals surface area contributed by atoms with Crippen LogP contribution in [0.5, 0.6) is 5.75 Å². The average molecular weight is 372 g/mol. The number of rotatable bonds is 3. The van der Waals surface area contributed by atoms with E-state index in [2.05, 4.69) is 41.7 Å². The standard InChI is InChI=1S/C23H20N2O3/c1-28-21-12-10-15(13-20(21)25(26)27)22-18-8-4-7-17(18)19-11-9-14-5-2-3-6-16(14)23(19)24-22/h2-7,9-13,17-18,22,24H,8H2,1H3/t17-,18-,22+/m0/s1. The Kier molecular flexibility index (Phi) is 3.83. The van der Waals surface area contributed by atoms with Crippen molar-refractivity contribution in [2.75, 3.05) is 12.4 Å². The predicted molar refractivity (Wildman–Crippen MR) is 110 cm³/mol. The number of nitrogens with zero attached hydrogens (tertiary/aromatic N) is 1. The molecule has 0 bridgehead atoms. The van der Waals surface area contributed by atoms with Crippen LogP contribution >= 0.6 is 0 Å². The van der Waals surface area contributed by atoms with Gasteiger partial charge in [-0.15, -0.1) is 0 Å². The topological polar surface area (TPSA) is 64.4 Å². The summed E-state index contributed by atoms with van der Waals surface area (Å²) in [5.74, 6) is 0.935. The number of ether oxygens (including phenoxy) is 1. The third kappa shape index (κ3) is 2.47. The molecule has 0 spiro atoms. The van der Waals surface area contributed by atoms with Crippen molar-refractivity contribution in [3.8, 4) is 5.75 Å². The van der Waals surface area contributed by atoms with E-state index in [1.165, 1.54) is 23.4 Å². The number of nitrogens with one attached hydrogen (secondary N) is 1. The Bertz CT molecular complexity index is 1120. The van der Waals surface area contributed by atoms with Crippen LogP contribution in [0.3, 0.4) is 0 Å². The molecule has 1 aliphatic carbocycles. The van der Waals surface area contributed by atoms with Gasteiger partial charge in [-0.05, 0) is 34.9 Å². The van der Waals surface area contributed by atoms with E-state index in [1.54, 1.807) is 12.1 Å². The molecule has 3 aromatic carbocycles. The minimum Gasteiger partial charge on any atom is -0.490 e. The molecule has 2 aliphatic rings. The first-order chi connectivity index (χ1) is 13.7. The number of hydrogen-bond acceptors (Lipinski definition) is 4. The first-order valence-corrected chi connectivity index (χ1v) is 9.44. The lowest BCUT2D eigenvalue weighted by Gasteiger charge is -2.38. The van der Waals surface area contributed by atoms with Crippen molar-refractivity contribution in [1.82, 2.24) is 0 Å². The van der Waals surface area contributed by atoms with E-state index < -0.39 is 0 Å². The number of fused-ring (bicyclic) bond motifs is 5. The van der Waals surface area contributed by atoms with Gasteiger partial charge in [0.15, 0.2) is 5.75 Å². The van der Waals surface area contributed by atoms with E-state index in [0.29, 0.717) is 11.8 Å². The molecule has 0 saturated heterocycles. The molecule has 140 valence electrons. The summed E-state index contributed by atoms with van der Waals surface area (Å²) in [6.07, 6.45) is 5.46. The van der Waals surface area contributed by atoms with Crippen LogP contribution in [0.4, 0.5) is 11.4 Å². The molecule has 0 fully saturated rings. The van der Waals surface area contributed by atoms with E-state index in [-0.39, 0.29) is 22.4 Å². The lowest BCUT2D eigenvalue weighted by atomic mass is 9.76. The molecule has 5 nitrogen and oxygen atoms in total. The Hall–Kier alpha value is -3.34. The highest BCUT2D eigenvalue weighted by Crippen LogP contribution is 2.52. The second-order valence-electron chi connectivity index (χ2n) is 7.41. The summed E-state index contributed by atoms with van der Waals surface area (Å²) < 4.78 is 5.18. The molecular formula is C23H20N2O3. The molecular weight excluding hydrogens is 352 g/mol. The predicted octanol–water partition coefficient (Wildman–Crippen LogP) is 5.58. The van der Waals surface area contributed by atoms with Gasteiger partial charge in [0.1, 0.15) is 0 Å². The molecule has 5 heteroatoms. The number of hydrogen-bond donors (Lipinski definition) is 1. The molecule has 0 saturated carbocycles. The van der Waals surface area contributed by atoms with E-state index in [4.69, 9.17) is 4.74 Å². The van der Waals surface area contributed by atoms with Gasteiger partial charge in [-0.3, -0.25) is 10.1 Å². The fourth-order valence-electron chi connectivity index (χ4n) is 4.71. The quantitative estimate of drug-likeness (QED) is 0.370. The van der Waals surface area contributed by atoms with Gasteiger partial charge in [0, 0.05) is 23.1 Å². The summed E-state index contributed by atoms with van der Waals surface area (Å²) in [5.41, 5.74) is 3.36. The van der Waals surface area contributed by atoms with Crippen molar-refractivity contribution in [2.45, 2.75) is 18.4 Å². The number of allylic oxidation sites excluding steroid dienone is 2. The fraction of sp³-hybridized carbons (Fsp3) is 0.217. The zero-order valence-electron chi connectivity index (χ0n) is 15.5. The second kappa shape index (κ2) is 6.37. The van der Waals surface area contributed by atoms with Crippen LogP contribution in [-0.2, 0) is 0 Å². The Morgan fingerprint density at radius 1 is 1.14 bits per heavy atom. The van der Waals surface area contributed by atoms with Gasteiger partial charge in [-0.25, -0.2) is 0 Å². The van der Waals surface area contributed by atoms with Crippen LogP contribution in [0.2, 0.25) is 0 Å². The highest BCUT2D eigenvalue weighted by molar-refractivity contribution is 5.96. The Balaban J connectivity index is 1.66. The number of anilines is 1. The van der Waals surface area contributed by atoms with Crippen molar-refractivity contribution in [3.05, 3.63) is 88.0 Å². The minimum atomic E-state index is -0.376. The van der Waals surface area contributed by atoms with Crippen LogP contribution in [-0.4, -0.2) is 12.0 Å². The Labute approximate surface area is 162 Å². The molecule has 0 aromatic heterocycles. The fourth-order valence-corrected chi connectivity index (χ4v) is 4.71. The zero-order valence-corrected chi connectivity index (χ0v) is 15.5. The zero-order chi connectivity index (χ0) is 19.3.